The van der Waals surface area contributed by atoms with E-state index < -0.39 is 12.2 Å². The summed E-state index contributed by atoms with van der Waals surface area (Å²) in [5.41, 5.74) is 4.71. The molecule has 0 aliphatic rings. The normalized spacial score (nSPS) is 13.6. The Bertz CT molecular complexity index is 1720. The van der Waals surface area contributed by atoms with E-state index in [4.69, 9.17) is 14.2 Å². The molecule has 0 spiro atoms. The van der Waals surface area contributed by atoms with E-state index in [9.17, 15) is 5.11 Å². The number of hydrogen-bond donors (Lipinski definition) is 3. The molecule has 2 unspecified atom stereocenters. The second-order valence-electron chi connectivity index (χ2n) is 8.73. The summed E-state index contributed by atoms with van der Waals surface area (Å²) >= 11 is 0. The number of aromatic amines is 2. The summed E-state index contributed by atoms with van der Waals surface area (Å²) < 4.78 is 17.0. The zero-order chi connectivity index (χ0) is 24.8. The fourth-order valence-electron chi connectivity index (χ4n) is 5.15. The molecular weight excluding hydrogens is 456 g/mol. The van der Waals surface area contributed by atoms with Crippen LogP contribution in [0.4, 0.5) is 0 Å². The first-order valence-electron chi connectivity index (χ1n) is 11.7. The minimum atomic E-state index is -0.927. The second kappa shape index (κ2) is 8.82. The quantitative estimate of drug-likeness (QED) is 0.275. The van der Waals surface area contributed by atoms with Crippen molar-refractivity contribution in [2.45, 2.75) is 18.6 Å². The van der Waals surface area contributed by atoms with Crippen molar-refractivity contribution in [3.8, 4) is 11.5 Å². The van der Waals surface area contributed by atoms with Gasteiger partial charge in [0.1, 0.15) is 23.7 Å². The van der Waals surface area contributed by atoms with E-state index in [-0.39, 0.29) is 6.42 Å². The van der Waals surface area contributed by atoms with Gasteiger partial charge in [0, 0.05) is 41.4 Å². The maximum absolute atomic E-state index is 11.4. The van der Waals surface area contributed by atoms with Crippen LogP contribution in [0.1, 0.15) is 30.0 Å². The minimum absolute atomic E-state index is 0.263. The number of H-pyrrole nitrogens is 2. The van der Waals surface area contributed by atoms with E-state index in [1.54, 1.807) is 33.7 Å². The molecule has 8 heteroatoms. The molecule has 182 valence electrons. The number of hydrogen-bond acceptors (Lipinski definition) is 6. The monoisotopic (exact) mass is 482 g/mol. The van der Waals surface area contributed by atoms with Gasteiger partial charge in [0.05, 0.1) is 53.7 Å². The number of aliphatic hydroxyl groups excluding tert-OH is 1. The van der Waals surface area contributed by atoms with Gasteiger partial charge in [0.15, 0.2) is 0 Å². The smallest absolute Gasteiger partial charge is 0.147 e. The number of pyridine rings is 2. The molecule has 4 aromatic heterocycles. The molecule has 6 aromatic rings. The van der Waals surface area contributed by atoms with Crippen LogP contribution >= 0.6 is 0 Å². The molecule has 3 N–H and O–H groups in total. The summed E-state index contributed by atoms with van der Waals surface area (Å²) in [6, 6.07) is 15.9. The molecule has 0 saturated heterocycles. The lowest BCUT2D eigenvalue weighted by Crippen LogP contribution is -2.12. The van der Waals surface area contributed by atoms with E-state index in [1.807, 2.05) is 42.5 Å². The van der Waals surface area contributed by atoms with Crippen molar-refractivity contribution in [2.24, 2.45) is 0 Å². The average molecular weight is 483 g/mol. The van der Waals surface area contributed by atoms with Gasteiger partial charge in [-0.25, -0.2) is 0 Å². The van der Waals surface area contributed by atoms with Crippen LogP contribution in [0.25, 0.3) is 43.6 Å². The number of methoxy groups -OCH3 is 3. The highest BCUT2D eigenvalue weighted by atomic mass is 16.5. The number of nitrogens with zero attached hydrogens (tertiary/aromatic N) is 2. The van der Waals surface area contributed by atoms with Crippen LogP contribution in [0, 0.1) is 0 Å². The van der Waals surface area contributed by atoms with Gasteiger partial charge in [0.2, 0.25) is 0 Å². The van der Waals surface area contributed by atoms with Crippen LogP contribution < -0.4 is 9.47 Å². The number of rotatable bonds is 7. The van der Waals surface area contributed by atoms with Crippen molar-refractivity contribution >= 4 is 43.6 Å². The van der Waals surface area contributed by atoms with Crippen molar-refractivity contribution in [2.75, 3.05) is 21.3 Å². The number of para-hydroxylation sites is 2. The molecule has 0 bridgehead atoms. The highest BCUT2D eigenvalue weighted by Crippen LogP contribution is 2.41. The number of aromatic nitrogens is 4. The van der Waals surface area contributed by atoms with E-state index in [0.29, 0.717) is 22.7 Å². The largest absolute Gasteiger partial charge is 0.495 e. The Morgan fingerprint density at radius 2 is 1.58 bits per heavy atom. The van der Waals surface area contributed by atoms with Gasteiger partial charge in [-0.15, -0.1) is 0 Å². The Labute approximate surface area is 206 Å². The molecule has 8 nitrogen and oxygen atoms in total. The predicted octanol–water partition coefficient (Wildman–Crippen LogP) is 5.57. The SMILES string of the molecule is COc1cccc2c1[nH]c1c(C(O)CC(OC)c3nccc4c3[nH]c3ccccc34)ncc(OC)c12. The number of nitrogens with one attached hydrogen (secondary N) is 2. The fourth-order valence-corrected chi connectivity index (χ4v) is 5.15. The molecular formula is C28H26N4O4. The molecule has 36 heavy (non-hydrogen) atoms. The number of aliphatic hydroxyl groups is 1. The van der Waals surface area contributed by atoms with Crippen LogP contribution in [-0.2, 0) is 4.74 Å². The van der Waals surface area contributed by atoms with E-state index in [2.05, 4.69) is 26.0 Å². The highest BCUT2D eigenvalue weighted by Gasteiger charge is 2.26. The maximum atomic E-state index is 11.4. The summed E-state index contributed by atoms with van der Waals surface area (Å²) in [5, 5.41) is 15.4. The Hall–Kier alpha value is -4.14. The Morgan fingerprint density at radius 3 is 2.39 bits per heavy atom. The Morgan fingerprint density at radius 1 is 0.778 bits per heavy atom. The van der Waals surface area contributed by atoms with Crippen molar-refractivity contribution in [1.29, 1.82) is 0 Å². The molecule has 6 rings (SSSR count). The van der Waals surface area contributed by atoms with Crippen LogP contribution in [0.3, 0.4) is 0 Å². The lowest BCUT2D eigenvalue weighted by molar-refractivity contribution is 0.0413. The van der Waals surface area contributed by atoms with Crippen molar-refractivity contribution in [3.05, 3.63) is 72.3 Å². The Kier molecular flexibility index (Phi) is 5.47. The van der Waals surface area contributed by atoms with Crippen LogP contribution in [0.2, 0.25) is 0 Å². The van der Waals surface area contributed by atoms with Crippen molar-refractivity contribution in [1.82, 2.24) is 19.9 Å². The first-order chi connectivity index (χ1) is 17.6. The third-order valence-corrected chi connectivity index (χ3v) is 6.86. The van der Waals surface area contributed by atoms with Crippen LogP contribution in [0.5, 0.6) is 11.5 Å². The number of ether oxygens (including phenoxy) is 3. The third kappa shape index (κ3) is 3.37. The van der Waals surface area contributed by atoms with Gasteiger partial charge in [0.25, 0.3) is 0 Å². The molecule has 2 aromatic carbocycles. The van der Waals surface area contributed by atoms with Gasteiger partial charge in [-0.05, 0) is 18.2 Å². The molecule has 0 fully saturated rings. The summed E-state index contributed by atoms with van der Waals surface area (Å²) in [6.45, 7) is 0. The predicted molar refractivity (Wildman–Crippen MR) is 140 cm³/mol. The van der Waals surface area contributed by atoms with Crippen LogP contribution in [0.15, 0.2) is 60.9 Å². The molecule has 0 aliphatic heterocycles. The topological polar surface area (TPSA) is 105 Å². The lowest BCUT2D eigenvalue weighted by Gasteiger charge is -2.20. The van der Waals surface area contributed by atoms with Gasteiger partial charge in [-0.3, -0.25) is 9.97 Å². The molecule has 0 radical (unpaired) electrons. The highest BCUT2D eigenvalue weighted by molar-refractivity contribution is 6.12. The van der Waals surface area contributed by atoms with Crippen molar-refractivity contribution < 1.29 is 19.3 Å². The van der Waals surface area contributed by atoms with Crippen LogP contribution in [-0.4, -0.2) is 46.4 Å². The summed E-state index contributed by atoms with van der Waals surface area (Å²) in [4.78, 5) is 16.1. The molecule has 0 saturated carbocycles. The van der Waals surface area contributed by atoms with E-state index in [1.165, 1.54) is 0 Å². The number of benzene rings is 2. The minimum Gasteiger partial charge on any atom is -0.495 e. The molecule has 0 aliphatic carbocycles. The summed E-state index contributed by atoms with van der Waals surface area (Å²) in [7, 11) is 4.87. The van der Waals surface area contributed by atoms with E-state index in [0.717, 1.165) is 43.8 Å². The van der Waals surface area contributed by atoms with Crippen molar-refractivity contribution in [3.63, 3.8) is 0 Å². The first kappa shape index (κ1) is 22.3. The summed E-state index contributed by atoms with van der Waals surface area (Å²) in [6.07, 6.45) is 2.30. The zero-order valence-electron chi connectivity index (χ0n) is 20.2. The van der Waals surface area contributed by atoms with E-state index >= 15 is 0 Å². The molecule has 0 amide bonds. The van der Waals surface area contributed by atoms with Gasteiger partial charge in [-0.1, -0.05) is 30.3 Å². The third-order valence-electron chi connectivity index (χ3n) is 6.86. The first-order valence-corrected chi connectivity index (χ1v) is 11.7. The Balaban J connectivity index is 1.44. The lowest BCUT2D eigenvalue weighted by atomic mass is 10.0. The molecule has 2 atom stereocenters. The summed E-state index contributed by atoms with van der Waals surface area (Å²) in [5.74, 6) is 1.32. The fraction of sp³-hybridized carbons (Fsp3) is 0.214. The van der Waals surface area contributed by atoms with Gasteiger partial charge in [-0.2, -0.15) is 0 Å². The average Bonchev–Trinajstić information content (AvgIpc) is 3.50. The maximum Gasteiger partial charge on any atom is 0.147 e. The van der Waals surface area contributed by atoms with Gasteiger partial charge >= 0.3 is 0 Å². The second-order valence-corrected chi connectivity index (χ2v) is 8.73. The molecule has 4 heterocycles. The number of fused-ring (bicyclic) bond motifs is 6. The van der Waals surface area contributed by atoms with Gasteiger partial charge < -0.3 is 29.3 Å². The standard InChI is InChI=1S/C28H26N4O4/c1-34-20-10-6-8-17-23-22(36-3)14-30-26(28(23)32-24(17)20)19(33)13-21(35-2)27-25-16(11-12-29-27)15-7-4-5-9-18(15)31-25/h4-12,14,19,21,31-33H,13H2,1-3H3. The zero-order valence-corrected chi connectivity index (χ0v) is 20.2.